The molecule has 0 radical (unpaired) electrons. The third-order valence-electron chi connectivity index (χ3n) is 3.02. The van der Waals surface area contributed by atoms with Crippen LogP contribution in [0.5, 0.6) is 0 Å². The maximum atomic E-state index is 12.4. The Labute approximate surface area is 116 Å². The van der Waals surface area contributed by atoms with Gasteiger partial charge in [0.05, 0.1) is 15.9 Å². The topological polar surface area (TPSA) is 113 Å². The molecule has 0 bridgehead atoms. The van der Waals surface area contributed by atoms with Gasteiger partial charge in [-0.1, -0.05) is 0 Å². The van der Waals surface area contributed by atoms with E-state index in [1.807, 2.05) is 0 Å². The summed E-state index contributed by atoms with van der Waals surface area (Å²) in [5.41, 5.74) is -0.165. The summed E-state index contributed by atoms with van der Waals surface area (Å²) in [6.45, 7) is 1.04. The molecule has 9 heteroatoms. The zero-order valence-electron chi connectivity index (χ0n) is 10.6. The molecule has 1 aromatic carbocycles. The fourth-order valence-corrected chi connectivity index (χ4v) is 3.45. The van der Waals surface area contributed by atoms with Crippen LogP contribution in [0.2, 0.25) is 0 Å². The Bertz CT molecular complexity index is 587. The third kappa shape index (κ3) is 3.12. The Balaban J connectivity index is 2.26. The summed E-state index contributed by atoms with van der Waals surface area (Å²) < 4.78 is 25.9. The highest BCUT2D eigenvalue weighted by molar-refractivity contribution is 7.89. The first-order chi connectivity index (χ1) is 9.41. The van der Waals surface area contributed by atoms with E-state index in [1.54, 1.807) is 0 Å². The summed E-state index contributed by atoms with van der Waals surface area (Å²) in [4.78, 5) is 9.95. The highest BCUT2D eigenvalue weighted by Gasteiger charge is 2.28. The molecule has 8 nitrogen and oxygen atoms in total. The molecule has 2 N–H and O–H groups in total. The van der Waals surface area contributed by atoms with E-state index in [0.29, 0.717) is 13.1 Å². The molecule has 20 heavy (non-hydrogen) atoms. The number of nitro benzene ring substituents is 1. The van der Waals surface area contributed by atoms with Gasteiger partial charge in [-0.3, -0.25) is 10.1 Å². The molecule has 1 heterocycles. The third-order valence-corrected chi connectivity index (χ3v) is 4.90. The van der Waals surface area contributed by atoms with Crippen LogP contribution in [0.4, 0.5) is 5.69 Å². The molecule has 1 saturated heterocycles. The molecule has 2 rings (SSSR count). The van der Waals surface area contributed by atoms with E-state index in [4.69, 9.17) is 0 Å². The van der Waals surface area contributed by atoms with Crippen molar-refractivity contribution in [2.45, 2.75) is 11.0 Å². The lowest BCUT2D eigenvalue weighted by atomic mass is 10.3. The molecule has 110 valence electrons. The van der Waals surface area contributed by atoms with Crippen LogP contribution < -0.4 is 5.32 Å². The smallest absolute Gasteiger partial charge is 0.269 e. The number of aliphatic hydroxyl groups is 1. The predicted molar refractivity (Wildman–Crippen MR) is 70.7 cm³/mol. The minimum absolute atomic E-state index is 0.00627. The van der Waals surface area contributed by atoms with Crippen LogP contribution in [0, 0.1) is 10.1 Å². The maximum Gasteiger partial charge on any atom is 0.269 e. The number of β-amino-alcohol motifs (C(OH)–C–C–N with tert-alkyl or cyclic N) is 1. The Morgan fingerprint density at radius 1 is 1.35 bits per heavy atom. The fraction of sp³-hybridized carbons (Fsp3) is 0.455. The van der Waals surface area contributed by atoms with E-state index in [9.17, 15) is 23.6 Å². The van der Waals surface area contributed by atoms with Gasteiger partial charge in [0.15, 0.2) is 0 Å². The first kappa shape index (κ1) is 14.9. The molecule has 0 spiro atoms. The summed E-state index contributed by atoms with van der Waals surface area (Å²) in [7, 11) is -3.75. The molecule has 1 aliphatic heterocycles. The lowest BCUT2D eigenvalue weighted by molar-refractivity contribution is -0.384. The first-order valence-electron chi connectivity index (χ1n) is 6.04. The van der Waals surface area contributed by atoms with E-state index < -0.39 is 21.1 Å². The van der Waals surface area contributed by atoms with Crippen LogP contribution >= 0.6 is 0 Å². The quantitative estimate of drug-likeness (QED) is 0.577. The number of non-ortho nitro benzene ring substituents is 1. The van der Waals surface area contributed by atoms with E-state index in [0.717, 1.165) is 12.1 Å². The predicted octanol–water partition coefficient (Wildman–Crippen LogP) is -0.450. The number of nitrogens with one attached hydrogen (secondary N) is 1. The van der Waals surface area contributed by atoms with Crippen molar-refractivity contribution in [3.8, 4) is 0 Å². The van der Waals surface area contributed by atoms with Crippen LogP contribution in [0.3, 0.4) is 0 Å². The number of hydrogen-bond donors (Lipinski definition) is 2. The minimum atomic E-state index is -3.75. The standard InChI is InChI=1S/C11H15N3O5S/c15-10-7-12-5-6-13(8-10)20(18,19)11-3-1-9(2-4-11)14(16)17/h1-4,10,12,15H,5-8H2. The van der Waals surface area contributed by atoms with Gasteiger partial charge in [0.25, 0.3) is 5.69 Å². The number of hydrogen-bond acceptors (Lipinski definition) is 6. The normalized spacial score (nSPS) is 21.4. The van der Waals surface area contributed by atoms with Crippen LogP contribution in [-0.4, -0.2) is 55.0 Å². The summed E-state index contributed by atoms with van der Waals surface area (Å²) >= 11 is 0. The van der Waals surface area contributed by atoms with E-state index in [-0.39, 0.29) is 23.7 Å². The van der Waals surface area contributed by atoms with Crippen LogP contribution in [-0.2, 0) is 10.0 Å². The molecular weight excluding hydrogens is 286 g/mol. The Kier molecular flexibility index (Phi) is 4.33. The Hall–Kier alpha value is -1.55. The molecule has 0 aliphatic carbocycles. The van der Waals surface area contributed by atoms with Gasteiger partial charge in [-0.15, -0.1) is 0 Å². The van der Waals surface area contributed by atoms with E-state index in [2.05, 4.69) is 5.32 Å². The number of nitro groups is 1. The SMILES string of the molecule is O=[N+]([O-])c1ccc(S(=O)(=O)N2CCNCC(O)C2)cc1. The molecule has 0 aromatic heterocycles. The lowest BCUT2D eigenvalue weighted by Gasteiger charge is -2.21. The molecule has 1 unspecified atom stereocenters. The van der Waals surface area contributed by atoms with Crippen molar-refractivity contribution in [2.24, 2.45) is 0 Å². The number of rotatable bonds is 3. The molecular formula is C11H15N3O5S. The van der Waals surface area contributed by atoms with Gasteiger partial charge in [0.2, 0.25) is 10.0 Å². The number of nitrogens with zero attached hydrogens (tertiary/aromatic N) is 2. The average molecular weight is 301 g/mol. The van der Waals surface area contributed by atoms with Crippen molar-refractivity contribution in [3.63, 3.8) is 0 Å². The van der Waals surface area contributed by atoms with E-state index in [1.165, 1.54) is 16.4 Å². The van der Waals surface area contributed by atoms with Crippen LogP contribution in [0.15, 0.2) is 29.2 Å². The first-order valence-corrected chi connectivity index (χ1v) is 7.48. The van der Waals surface area contributed by atoms with Crippen molar-refractivity contribution >= 4 is 15.7 Å². The second-order valence-electron chi connectivity index (χ2n) is 4.47. The lowest BCUT2D eigenvalue weighted by Crippen LogP contribution is -2.37. The maximum absolute atomic E-state index is 12.4. The van der Waals surface area contributed by atoms with Crippen molar-refractivity contribution in [1.29, 1.82) is 0 Å². The van der Waals surface area contributed by atoms with Gasteiger partial charge in [0, 0.05) is 38.3 Å². The molecule has 1 aromatic rings. The molecule has 0 amide bonds. The number of sulfonamides is 1. The Morgan fingerprint density at radius 2 is 2.00 bits per heavy atom. The second-order valence-corrected chi connectivity index (χ2v) is 6.41. The fourth-order valence-electron chi connectivity index (χ4n) is 1.97. The molecule has 0 saturated carbocycles. The molecule has 1 atom stereocenters. The van der Waals surface area contributed by atoms with E-state index >= 15 is 0 Å². The van der Waals surface area contributed by atoms with Gasteiger partial charge in [0.1, 0.15) is 0 Å². The summed E-state index contributed by atoms with van der Waals surface area (Å²) in [6.07, 6.45) is -0.773. The van der Waals surface area contributed by atoms with Gasteiger partial charge in [-0.2, -0.15) is 4.31 Å². The average Bonchev–Trinajstić information content (AvgIpc) is 2.64. The number of aliphatic hydroxyl groups excluding tert-OH is 1. The second kappa shape index (κ2) is 5.83. The van der Waals surface area contributed by atoms with Crippen LogP contribution in [0.25, 0.3) is 0 Å². The van der Waals surface area contributed by atoms with Crippen LogP contribution in [0.1, 0.15) is 0 Å². The highest BCUT2D eigenvalue weighted by Crippen LogP contribution is 2.20. The summed E-state index contributed by atoms with van der Waals surface area (Å²) in [5.74, 6) is 0. The minimum Gasteiger partial charge on any atom is -0.390 e. The Morgan fingerprint density at radius 3 is 2.60 bits per heavy atom. The monoisotopic (exact) mass is 301 g/mol. The van der Waals surface area contributed by atoms with Gasteiger partial charge >= 0.3 is 0 Å². The summed E-state index contributed by atoms with van der Waals surface area (Å²) in [6, 6.07) is 4.72. The number of benzene rings is 1. The highest BCUT2D eigenvalue weighted by atomic mass is 32.2. The van der Waals surface area contributed by atoms with Crippen molar-refractivity contribution in [1.82, 2.24) is 9.62 Å². The zero-order valence-corrected chi connectivity index (χ0v) is 11.4. The molecule has 1 aliphatic rings. The largest absolute Gasteiger partial charge is 0.390 e. The zero-order chi connectivity index (χ0) is 14.8. The summed E-state index contributed by atoms with van der Waals surface area (Å²) in [5, 5.41) is 23.1. The van der Waals surface area contributed by atoms with Crippen molar-refractivity contribution in [3.05, 3.63) is 34.4 Å². The van der Waals surface area contributed by atoms with Gasteiger partial charge < -0.3 is 10.4 Å². The molecule has 1 fully saturated rings. The van der Waals surface area contributed by atoms with Gasteiger partial charge in [-0.05, 0) is 12.1 Å². The van der Waals surface area contributed by atoms with Crippen molar-refractivity contribution in [2.75, 3.05) is 26.2 Å². The van der Waals surface area contributed by atoms with Gasteiger partial charge in [-0.25, -0.2) is 8.42 Å². The van der Waals surface area contributed by atoms with Crippen molar-refractivity contribution < 1.29 is 18.4 Å².